The monoisotopic (exact) mass is 407 g/mol. The molecule has 1 fully saturated rings. The van der Waals surface area contributed by atoms with Crippen molar-refractivity contribution < 1.29 is 9.42 Å². The van der Waals surface area contributed by atoms with E-state index in [-0.39, 0.29) is 18.0 Å². The van der Waals surface area contributed by atoms with Gasteiger partial charge in [-0.2, -0.15) is 5.16 Å². The van der Waals surface area contributed by atoms with Crippen LogP contribution >= 0.6 is 0 Å². The van der Waals surface area contributed by atoms with E-state index in [1.807, 2.05) is 12.1 Å². The molecule has 8 nitrogen and oxygen atoms in total. The van der Waals surface area contributed by atoms with Crippen LogP contribution in [0.4, 0.5) is 0 Å². The molecule has 0 unspecified atom stereocenters. The quantitative estimate of drug-likeness (QED) is 0.545. The summed E-state index contributed by atoms with van der Waals surface area (Å²) in [6, 6.07) is 16.7. The molecule has 156 valence electrons. The summed E-state index contributed by atoms with van der Waals surface area (Å²) in [5.74, 6) is -0.280. The summed E-state index contributed by atoms with van der Waals surface area (Å²) < 4.78 is 4.46. The Kier molecular flexibility index (Phi) is 6.36. The molecule has 2 heterocycles. The van der Waals surface area contributed by atoms with Crippen LogP contribution in [0, 0.1) is 0 Å². The predicted molar refractivity (Wildman–Crippen MR) is 113 cm³/mol. The number of hydrogen-bond acceptors (Lipinski definition) is 6. The van der Waals surface area contributed by atoms with Crippen LogP contribution in [-0.4, -0.2) is 47.3 Å². The minimum Gasteiger partial charge on any atom is -0.352 e. The third kappa shape index (κ3) is 5.22. The van der Waals surface area contributed by atoms with E-state index in [1.165, 1.54) is 5.56 Å². The maximum absolute atomic E-state index is 12.1. The second-order valence-corrected chi connectivity index (χ2v) is 7.44. The molecule has 30 heavy (non-hydrogen) atoms. The van der Waals surface area contributed by atoms with Crippen molar-refractivity contribution in [2.75, 3.05) is 26.2 Å². The molecule has 0 aliphatic carbocycles. The largest absolute Gasteiger partial charge is 0.352 e. The van der Waals surface area contributed by atoms with Crippen LogP contribution in [0.1, 0.15) is 16.8 Å². The lowest BCUT2D eigenvalue weighted by Crippen LogP contribution is -2.42. The first-order valence-electron chi connectivity index (χ1n) is 10.1. The molecule has 1 saturated heterocycles. The van der Waals surface area contributed by atoms with Crippen LogP contribution in [0.25, 0.3) is 11.1 Å². The number of aromatic amines is 1. The van der Waals surface area contributed by atoms with Gasteiger partial charge >= 0.3 is 5.56 Å². The van der Waals surface area contributed by atoms with E-state index < -0.39 is 5.56 Å². The first-order chi connectivity index (χ1) is 14.7. The normalized spacial score (nSPS) is 14.5. The van der Waals surface area contributed by atoms with Gasteiger partial charge in [0.25, 0.3) is 0 Å². The number of amides is 1. The Balaban J connectivity index is 1.39. The Morgan fingerprint density at radius 3 is 2.47 bits per heavy atom. The summed E-state index contributed by atoms with van der Waals surface area (Å²) in [7, 11) is 0. The molecule has 4 rings (SSSR count). The van der Waals surface area contributed by atoms with Crippen molar-refractivity contribution in [3.05, 3.63) is 75.7 Å². The Labute approximate surface area is 174 Å². The topological polar surface area (TPSA) is 103 Å². The number of hydrogen-bond donors (Lipinski definition) is 3. The fourth-order valence-electron chi connectivity index (χ4n) is 3.59. The highest BCUT2D eigenvalue weighted by molar-refractivity contribution is 5.78. The van der Waals surface area contributed by atoms with Gasteiger partial charge in [-0.3, -0.25) is 19.1 Å². The number of piperazine rings is 1. The molecule has 2 aromatic carbocycles. The van der Waals surface area contributed by atoms with Crippen molar-refractivity contribution in [2.24, 2.45) is 0 Å². The third-order valence-electron chi connectivity index (χ3n) is 5.18. The number of benzene rings is 2. The summed E-state index contributed by atoms with van der Waals surface area (Å²) >= 11 is 0. The molecule has 1 amide bonds. The maximum Gasteiger partial charge on any atom is 0.304 e. The third-order valence-corrected chi connectivity index (χ3v) is 5.18. The highest BCUT2D eigenvalue weighted by atomic mass is 16.6. The first kappa shape index (κ1) is 20.1. The number of rotatable bonds is 7. The van der Waals surface area contributed by atoms with Crippen molar-refractivity contribution in [1.82, 2.24) is 25.8 Å². The number of carbonyl (C=O) groups is 1. The lowest BCUT2D eigenvalue weighted by molar-refractivity contribution is -0.120. The number of nitrogens with one attached hydrogen (secondary N) is 3. The summed E-state index contributed by atoms with van der Waals surface area (Å²) in [5.41, 5.74) is 4.14. The van der Waals surface area contributed by atoms with E-state index in [0.29, 0.717) is 6.54 Å². The van der Waals surface area contributed by atoms with E-state index in [2.05, 4.69) is 66.9 Å². The molecule has 1 aliphatic rings. The second kappa shape index (κ2) is 9.51. The van der Waals surface area contributed by atoms with Crippen LogP contribution in [0.15, 0.2) is 58.0 Å². The average Bonchev–Trinajstić information content (AvgIpc) is 3.18. The van der Waals surface area contributed by atoms with E-state index in [4.69, 9.17) is 0 Å². The molecule has 0 radical (unpaired) electrons. The summed E-state index contributed by atoms with van der Waals surface area (Å²) in [6.45, 7) is 5.55. The van der Waals surface area contributed by atoms with Crippen LogP contribution in [0.5, 0.6) is 0 Å². The standard InChI is InChI=1S/C22H25N5O3/c28-21(13-20-22(29)26-30-25-20)24-14-16-3-1-5-18(11-16)19-6-2-4-17(12-19)15-27-9-7-23-8-10-27/h1-6,11-12,23H,7-10,13-15H2,(H,24,28)(H,26,29). The van der Waals surface area contributed by atoms with Gasteiger partial charge in [0.1, 0.15) is 0 Å². The fraction of sp³-hybridized carbons (Fsp3) is 0.318. The molecule has 0 saturated carbocycles. The lowest BCUT2D eigenvalue weighted by Gasteiger charge is -2.27. The Hall–Kier alpha value is -3.23. The van der Waals surface area contributed by atoms with Gasteiger partial charge in [0, 0.05) is 39.3 Å². The zero-order valence-electron chi connectivity index (χ0n) is 16.7. The molecular formula is C22H25N5O3. The number of carbonyl (C=O) groups excluding carboxylic acids is 1. The molecule has 0 bridgehead atoms. The molecule has 0 atom stereocenters. The van der Waals surface area contributed by atoms with Gasteiger partial charge in [0.05, 0.1) is 6.42 Å². The van der Waals surface area contributed by atoms with E-state index in [1.54, 1.807) is 0 Å². The van der Waals surface area contributed by atoms with E-state index in [0.717, 1.165) is 49.4 Å². The second-order valence-electron chi connectivity index (χ2n) is 7.44. The highest BCUT2D eigenvalue weighted by Gasteiger charge is 2.12. The minimum atomic E-state index is -0.479. The summed E-state index contributed by atoms with van der Waals surface area (Å²) in [5, 5.41) is 11.8. The average molecular weight is 407 g/mol. The van der Waals surface area contributed by atoms with E-state index in [9.17, 15) is 9.59 Å². The van der Waals surface area contributed by atoms with Crippen molar-refractivity contribution in [1.29, 1.82) is 0 Å². The van der Waals surface area contributed by atoms with Gasteiger partial charge < -0.3 is 10.6 Å². The Morgan fingerprint density at radius 1 is 1.07 bits per heavy atom. The molecule has 1 aromatic heterocycles. The SMILES string of the molecule is O=C(Cc1no[nH]c1=O)NCc1cccc(-c2cccc(CN3CCNCC3)c2)c1. The van der Waals surface area contributed by atoms with Gasteiger partial charge in [0.2, 0.25) is 5.91 Å². The Bertz CT molecular complexity index is 1050. The van der Waals surface area contributed by atoms with Crippen molar-refractivity contribution in [3.8, 4) is 11.1 Å². The molecule has 3 N–H and O–H groups in total. The highest BCUT2D eigenvalue weighted by Crippen LogP contribution is 2.22. The maximum atomic E-state index is 12.1. The van der Waals surface area contributed by atoms with Gasteiger partial charge in [-0.05, 0) is 34.4 Å². The van der Waals surface area contributed by atoms with Crippen molar-refractivity contribution >= 4 is 5.91 Å². The number of aromatic nitrogens is 2. The van der Waals surface area contributed by atoms with Crippen LogP contribution in [0.3, 0.4) is 0 Å². The molecular weight excluding hydrogens is 382 g/mol. The van der Waals surface area contributed by atoms with Gasteiger partial charge in [-0.1, -0.05) is 41.6 Å². The van der Waals surface area contributed by atoms with Crippen LogP contribution in [0.2, 0.25) is 0 Å². The number of nitrogens with zero attached hydrogens (tertiary/aromatic N) is 2. The molecule has 0 spiro atoms. The van der Waals surface area contributed by atoms with E-state index >= 15 is 0 Å². The molecule has 3 aromatic rings. The van der Waals surface area contributed by atoms with Crippen LogP contribution < -0.4 is 16.2 Å². The summed E-state index contributed by atoms with van der Waals surface area (Å²) in [4.78, 5) is 25.9. The zero-order valence-corrected chi connectivity index (χ0v) is 16.7. The van der Waals surface area contributed by atoms with Gasteiger partial charge in [0.15, 0.2) is 5.69 Å². The number of H-pyrrole nitrogens is 1. The minimum absolute atomic E-state index is 0.0718. The van der Waals surface area contributed by atoms with Crippen molar-refractivity contribution in [3.63, 3.8) is 0 Å². The van der Waals surface area contributed by atoms with Crippen LogP contribution in [-0.2, 0) is 24.3 Å². The molecule has 8 heteroatoms. The summed E-state index contributed by atoms with van der Waals surface area (Å²) in [6.07, 6.45) is -0.112. The molecule has 1 aliphatic heterocycles. The predicted octanol–water partition coefficient (Wildman–Crippen LogP) is 1.29. The van der Waals surface area contributed by atoms with Gasteiger partial charge in [-0.25, -0.2) is 0 Å². The Morgan fingerprint density at radius 2 is 1.77 bits per heavy atom. The smallest absolute Gasteiger partial charge is 0.304 e. The zero-order chi connectivity index (χ0) is 20.8. The van der Waals surface area contributed by atoms with Crippen molar-refractivity contribution in [2.45, 2.75) is 19.5 Å². The first-order valence-corrected chi connectivity index (χ1v) is 10.1. The van der Waals surface area contributed by atoms with Gasteiger partial charge in [-0.15, -0.1) is 0 Å². The fourth-order valence-corrected chi connectivity index (χ4v) is 3.59. The lowest BCUT2D eigenvalue weighted by atomic mass is 10.0.